The largest absolute Gasteiger partial charge is 0.456 e. The minimum absolute atomic E-state index is 0.0202. The second-order valence-electron chi connectivity index (χ2n) is 6.68. The maximum absolute atomic E-state index is 13.1. The molecule has 0 bridgehead atoms. The van der Waals surface area contributed by atoms with E-state index in [4.69, 9.17) is 0 Å². The van der Waals surface area contributed by atoms with Gasteiger partial charge in [-0.25, -0.2) is 4.79 Å². The molecule has 1 aliphatic heterocycles. The summed E-state index contributed by atoms with van der Waals surface area (Å²) < 4.78 is 43.9. The number of carbonyl (C=O) groups is 2. The number of carbonyl (C=O) groups excluding carboxylic acids is 2. The van der Waals surface area contributed by atoms with Crippen molar-refractivity contribution in [2.45, 2.75) is 20.0 Å². The van der Waals surface area contributed by atoms with E-state index in [2.05, 4.69) is 9.73 Å². The third-order valence-corrected chi connectivity index (χ3v) is 4.47. The van der Waals surface area contributed by atoms with Crippen molar-refractivity contribution >= 4 is 17.6 Å². The fraction of sp³-hybridized carbons (Fsp3) is 0.368. The first kappa shape index (κ1) is 19.8. The molecule has 3 amide bonds. The number of halogens is 3. The molecular formula is C19H20F3N3O3. The van der Waals surface area contributed by atoms with Crippen molar-refractivity contribution in [3.8, 4) is 0 Å². The second kappa shape index (κ2) is 7.57. The molecule has 0 aliphatic carbocycles. The van der Waals surface area contributed by atoms with E-state index in [0.717, 1.165) is 11.6 Å². The summed E-state index contributed by atoms with van der Waals surface area (Å²) in [5.74, 6) is -2.01. The molecule has 1 N–H and O–H groups in total. The van der Waals surface area contributed by atoms with Crippen LogP contribution in [0.4, 0.5) is 23.7 Å². The number of benzene rings is 1. The van der Waals surface area contributed by atoms with E-state index in [-0.39, 0.29) is 38.0 Å². The number of nitrogens with one attached hydrogen (secondary N) is 1. The number of nitrogens with zero attached hydrogens (tertiary/aromatic N) is 2. The van der Waals surface area contributed by atoms with Crippen LogP contribution in [0.5, 0.6) is 0 Å². The second-order valence-corrected chi connectivity index (χ2v) is 6.68. The van der Waals surface area contributed by atoms with Crippen LogP contribution in [-0.2, 0) is 6.18 Å². The highest BCUT2D eigenvalue weighted by molar-refractivity contribution is 5.96. The van der Waals surface area contributed by atoms with E-state index in [1.807, 2.05) is 25.1 Å². The van der Waals surface area contributed by atoms with Crippen LogP contribution in [0.2, 0.25) is 0 Å². The van der Waals surface area contributed by atoms with E-state index < -0.39 is 23.4 Å². The summed E-state index contributed by atoms with van der Waals surface area (Å²) in [5.41, 5.74) is 1.17. The summed E-state index contributed by atoms with van der Waals surface area (Å²) >= 11 is 0. The third-order valence-electron chi connectivity index (χ3n) is 4.47. The lowest BCUT2D eigenvalue weighted by Gasteiger charge is -2.34. The Bertz CT molecular complexity index is 884. The van der Waals surface area contributed by atoms with Crippen molar-refractivity contribution in [2.24, 2.45) is 0 Å². The van der Waals surface area contributed by atoms with Gasteiger partial charge in [-0.1, -0.05) is 12.1 Å². The molecule has 9 heteroatoms. The molecule has 6 nitrogen and oxygen atoms in total. The van der Waals surface area contributed by atoms with E-state index in [9.17, 15) is 22.8 Å². The van der Waals surface area contributed by atoms with Crippen molar-refractivity contribution < 1.29 is 27.2 Å². The van der Waals surface area contributed by atoms with Gasteiger partial charge in [0.1, 0.15) is 5.76 Å². The van der Waals surface area contributed by atoms with Crippen molar-refractivity contribution in [2.75, 3.05) is 31.5 Å². The Kier molecular flexibility index (Phi) is 5.35. The first-order valence-corrected chi connectivity index (χ1v) is 8.74. The summed E-state index contributed by atoms with van der Waals surface area (Å²) in [6, 6.07) is 8.12. The molecule has 2 aromatic rings. The van der Waals surface area contributed by atoms with Gasteiger partial charge in [0.2, 0.25) is 5.76 Å². The summed E-state index contributed by atoms with van der Waals surface area (Å²) in [7, 11) is 0. The number of hydrogen-bond donors (Lipinski definition) is 1. The maximum atomic E-state index is 13.1. The van der Waals surface area contributed by atoms with Crippen LogP contribution in [0.15, 0.2) is 34.7 Å². The molecule has 0 radical (unpaired) electrons. The number of aryl methyl sites for hydroxylation is 2. The molecule has 0 atom stereocenters. The number of furan rings is 1. The summed E-state index contributed by atoms with van der Waals surface area (Å²) in [6.07, 6.45) is -4.74. The predicted octanol–water partition coefficient (Wildman–Crippen LogP) is 3.91. The van der Waals surface area contributed by atoms with Crippen molar-refractivity contribution in [1.29, 1.82) is 0 Å². The molecule has 28 heavy (non-hydrogen) atoms. The van der Waals surface area contributed by atoms with Crippen molar-refractivity contribution in [1.82, 2.24) is 9.80 Å². The van der Waals surface area contributed by atoms with Gasteiger partial charge in [-0.15, -0.1) is 0 Å². The van der Waals surface area contributed by atoms with Gasteiger partial charge in [0.25, 0.3) is 5.91 Å². The molecular weight excluding hydrogens is 375 g/mol. The van der Waals surface area contributed by atoms with Gasteiger partial charge in [-0.2, -0.15) is 13.2 Å². The zero-order valence-electron chi connectivity index (χ0n) is 15.5. The van der Waals surface area contributed by atoms with Gasteiger partial charge < -0.3 is 19.5 Å². The highest BCUT2D eigenvalue weighted by Gasteiger charge is 2.41. The van der Waals surface area contributed by atoms with Crippen LogP contribution < -0.4 is 5.32 Å². The number of hydrogen-bond acceptors (Lipinski definition) is 3. The Balaban J connectivity index is 1.62. The lowest BCUT2D eigenvalue weighted by Crippen LogP contribution is -2.51. The number of urea groups is 1. The molecule has 1 saturated heterocycles. The molecule has 1 fully saturated rings. The number of anilines is 1. The Morgan fingerprint density at radius 3 is 2.29 bits per heavy atom. The first-order valence-electron chi connectivity index (χ1n) is 8.74. The van der Waals surface area contributed by atoms with Gasteiger partial charge in [0, 0.05) is 31.9 Å². The monoisotopic (exact) mass is 395 g/mol. The van der Waals surface area contributed by atoms with Crippen LogP contribution >= 0.6 is 0 Å². The maximum Gasteiger partial charge on any atom is 0.450 e. The highest BCUT2D eigenvalue weighted by atomic mass is 19.4. The zero-order chi connectivity index (χ0) is 20.5. The number of rotatable bonds is 2. The number of piperazine rings is 1. The molecule has 3 rings (SSSR count). The molecule has 0 unspecified atom stereocenters. The average molecular weight is 395 g/mol. The lowest BCUT2D eigenvalue weighted by molar-refractivity contribution is -0.153. The van der Waals surface area contributed by atoms with Gasteiger partial charge >= 0.3 is 12.2 Å². The van der Waals surface area contributed by atoms with Crippen LogP contribution in [0.25, 0.3) is 0 Å². The zero-order valence-corrected chi connectivity index (χ0v) is 15.5. The fourth-order valence-corrected chi connectivity index (χ4v) is 3.09. The van der Waals surface area contributed by atoms with Crippen LogP contribution in [0.3, 0.4) is 0 Å². The minimum atomic E-state index is -4.74. The van der Waals surface area contributed by atoms with Crippen molar-refractivity contribution in [3.05, 3.63) is 53.0 Å². The molecule has 1 aromatic carbocycles. The van der Waals surface area contributed by atoms with E-state index in [1.165, 1.54) is 16.7 Å². The summed E-state index contributed by atoms with van der Waals surface area (Å²) in [4.78, 5) is 27.7. The lowest BCUT2D eigenvalue weighted by atomic mass is 10.2. The minimum Gasteiger partial charge on any atom is -0.456 e. The van der Waals surface area contributed by atoms with Crippen LogP contribution in [-0.4, -0.2) is 47.9 Å². The number of alkyl halides is 3. The van der Waals surface area contributed by atoms with Gasteiger partial charge in [-0.3, -0.25) is 4.79 Å². The molecule has 0 saturated carbocycles. The van der Waals surface area contributed by atoms with Gasteiger partial charge in [0.05, 0.1) is 5.56 Å². The van der Waals surface area contributed by atoms with Crippen molar-refractivity contribution in [3.63, 3.8) is 0 Å². The topological polar surface area (TPSA) is 65.8 Å². The number of amides is 3. The van der Waals surface area contributed by atoms with E-state index >= 15 is 0 Å². The van der Waals surface area contributed by atoms with Crippen LogP contribution in [0.1, 0.15) is 27.4 Å². The standard InChI is InChI=1S/C19H20F3N3O3/c1-12-4-3-5-14(10-12)23-18(27)25-8-6-24(7-9-25)17(26)15-11-13(2)28-16(15)19(20,21)22/h3-5,10-11H,6-9H2,1-2H3,(H,23,27). The summed E-state index contributed by atoms with van der Waals surface area (Å²) in [5, 5.41) is 2.78. The molecule has 2 heterocycles. The molecule has 150 valence electrons. The SMILES string of the molecule is Cc1cccc(NC(=O)N2CCN(C(=O)c3cc(C)oc3C(F)(F)F)CC2)c1. The highest BCUT2D eigenvalue weighted by Crippen LogP contribution is 2.34. The van der Waals surface area contributed by atoms with E-state index in [1.54, 1.807) is 6.07 Å². The molecule has 1 aliphatic rings. The van der Waals surface area contributed by atoms with E-state index in [0.29, 0.717) is 5.69 Å². The normalized spacial score (nSPS) is 14.9. The summed E-state index contributed by atoms with van der Waals surface area (Å²) in [6.45, 7) is 4.00. The van der Waals surface area contributed by atoms with Crippen LogP contribution in [0, 0.1) is 13.8 Å². The predicted molar refractivity (Wildman–Crippen MR) is 96.1 cm³/mol. The smallest absolute Gasteiger partial charge is 0.450 e. The Morgan fingerprint density at radius 2 is 1.68 bits per heavy atom. The third kappa shape index (κ3) is 4.29. The first-order chi connectivity index (χ1) is 13.1. The van der Waals surface area contributed by atoms with Gasteiger partial charge in [0.15, 0.2) is 0 Å². The van der Waals surface area contributed by atoms with Gasteiger partial charge in [-0.05, 0) is 37.6 Å². The fourth-order valence-electron chi connectivity index (χ4n) is 3.09. The molecule has 0 spiro atoms. The Morgan fingerprint density at radius 1 is 1.04 bits per heavy atom. The average Bonchev–Trinajstić information content (AvgIpc) is 3.03. The Hall–Kier alpha value is -2.97. The quantitative estimate of drug-likeness (QED) is 0.839. The Labute approximate surface area is 159 Å². The molecule has 1 aromatic heterocycles.